The van der Waals surface area contributed by atoms with Gasteiger partial charge in [-0.2, -0.15) is 5.10 Å². The monoisotopic (exact) mass is 451 g/mol. The summed E-state index contributed by atoms with van der Waals surface area (Å²) in [4.78, 5) is 16.9. The molecule has 0 unspecified atom stereocenters. The largest absolute Gasteiger partial charge is 0.396 e. The van der Waals surface area contributed by atoms with E-state index < -0.39 is 23.8 Å². The van der Waals surface area contributed by atoms with Gasteiger partial charge in [-0.3, -0.25) is 9.48 Å². The number of amides is 1. The number of anilines is 2. The van der Waals surface area contributed by atoms with E-state index in [1.54, 1.807) is 7.05 Å². The molecule has 9 nitrogen and oxygen atoms in total. The van der Waals surface area contributed by atoms with Gasteiger partial charge >= 0.3 is 0 Å². The molecule has 12 heteroatoms. The normalized spacial score (nSPS) is 18.8. The van der Waals surface area contributed by atoms with E-state index in [0.717, 1.165) is 23.5 Å². The van der Waals surface area contributed by atoms with Crippen molar-refractivity contribution in [1.29, 1.82) is 0 Å². The van der Waals surface area contributed by atoms with Crippen LogP contribution >= 0.6 is 11.3 Å². The Hall–Kier alpha value is -2.93. The molecule has 164 valence electrons. The van der Waals surface area contributed by atoms with E-state index in [0.29, 0.717) is 11.4 Å². The van der Waals surface area contributed by atoms with Crippen molar-refractivity contribution in [3.8, 4) is 10.6 Å². The van der Waals surface area contributed by atoms with Crippen LogP contribution in [0, 0.1) is 17.6 Å². The third kappa shape index (κ3) is 4.14. The number of nitrogen functional groups attached to an aromatic ring is 1. The van der Waals surface area contributed by atoms with Crippen LogP contribution < -0.4 is 11.1 Å². The number of carbonyl (C=O) groups is 1. The van der Waals surface area contributed by atoms with E-state index >= 15 is 0 Å². The van der Waals surface area contributed by atoms with E-state index in [-0.39, 0.29) is 47.0 Å². The minimum Gasteiger partial charge on any atom is -0.396 e. The number of benzene rings is 1. The lowest BCUT2D eigenvalue weighted by atomic mass is 10.2. The smallest absolute Gasteiger partial charge is 0.277 e. The third-order valence-electron chi connectivity index (χ3n) is 4.73. The van der Waals surface area contributed by atoms with Gasteiger partial charge in [0.25, 0.3) is 5.91 Å². The highest BCUT2D eigenvalue weighted by molar-refractivity contribution is 7.19. The van der Waals surface area contributed by atoms with E-state index in [2.05, 4.69) is 15.4 Å². The van der Waals surface area contributed by atoms with Crippen LogP contribution in [-0.4, -0.2) is 45.6 Å². The van der Waals surface area contributed by atoms with Crippen molar-refractivity contribution in [3.05, 3.63) is 47.4 Å². The van der Waals surface area contributed by atoms with Crippen LogP contribution in [0.3, 0.4) is 0 Å². The summed E-state index contributed by atoms with van der Waals surface area (Å²) in [6, 6.07) is 3.44. The molecule has 0 bridgehead atoms. The summed E-state index contributed by atoms with van der Waals surface area (Å²) >= 11 is 0.807. The van der Waals surface area contributed by atoms with Crippen molar-refractivity contribution in [2.45, 2.75) is 6.29 Å². The van der Waals surface area contributed by atoms with Crippen molar-refractivity contribution >= 4 is 27.9 Å². The lowest BCUT2D eigenvalue weighted by Gasteiger charge is -2.28. The molecule has 1 saturated heterocycles. The Morgan fingerprint density at radius 1 is 1.35 bits per heavy atom. The molecular weight excluding hydrogens is 432 g/mol. The molecule has 0 radical (unpaired) electrons. The van der Waals surface area contributed by atoms with Crippen LogP contribution in [0.25, 0.3) is 10.6 Å². The van der Waals surface area contributed by atoms with Gasteiger partial charge in [0.1, 0.15) is 27.3 Å². The molecule has 0 spiro atoms. The number of rotatable bonds is 5. The van der Waals surface area contributed by atoms with Crippen LogP contribution in [-0.2, 0) is 16.5 Å². The van der Waals surface area contributed by atoms with Crippen LogP contribution in [0.15, 0.2) is 24.4 Å². The molecule has 1 aromatic carbocycles. The van der Waals surface area contributed by atoms with Crippen LogP contribution in [0.1, 0.15) is 22.5 Å². The summed E-state index contributed by atoms with van der Waals surface area (Å²) < 4.78 is 40.9. The number of nitrogens with two attached hydrogens (primary N) is 1. The number of nitrogens with zero attached hydrogens (tertiary/aromatic N) is 3. The molecule has 3 aromatic rings. The number of halogens is 2. The molecule has 3 heterocycles. The summed E-state index contributed by atoms with van der Waals surface area (Å²) in [5.41, 5.74) is 6.17. The van der Waals surface area contributed by atoms with Gasteiger partial charge < -0.3 is 25.6 Å². The first-order valence-corrected chi connectivity index (χ1v) is 10.1. The zero-order valence-corrected chi connectivity index (χ0v) is 17.2. The predicted octanol–water partition coefficient (Wildman–Crippen LogP) is 2.31. The van der Waals surface area contributed by atoms with Gasteiger partial charge in [-0.25, -0.2) is 13.8 Å². The molecule has 1 fully saturated rings. The number of ether oxygens (including phenoxy) is 2. The molecule has 1 aliphatic rings. The Labute approximate surface area is 179 Å². The number of aliphatic hydroxyl groups excluding tert-OH is 1. The SMILES string of the molecule is Cn1ncc(NC(=O)c2nc(-c3c(F)cccc3F)sc2N)c1C1OCC(CO)CO1. The van der Waals surface area contributed by atoms with Gasteiger partial charge in [0.2, 0.25) is 6.29 Å². The average molecular weight is 451 g/mol. The van der Waals surface area contributed by atoms with E-state index in [9.17, 15) is 18.7 Å². The number of aliphatic hydroxyl groups is 1. The fraction of sp³-hybridized carbons (Fsp3) is 0.316. The summed E-state index contributed by atoms with van der Waals surface area (Å²) in [7, 11) is 1.66. The minimum atomic E-state index is -0.803. The fourth-order valence-corrected chi connectivity index (χ4v) is 3.99. The summed E-state index contributed by atoms with van der Waals surface area (Å²) in [5.74, 6) is -2.41. The summed E-state index contributed by atoms with van der Waals surface area (Å²) in [6.07, 6.45) is 0.624. The third-order valence-corrected chi connectivity index (χ3v) is 5.63. The molecule has 0 saturated carbocycles. The van der Waals surface area contributed by atoms with Gasteiger partial charge in [-0.1, -0.05) is 17.4 Å². The maximum absolute atomic E-state index is 14.1. The first kappa shape index (κ1) is 21.3. The van der Waals surface area contributed by atoms with Crippen molar-refractivity contribution in [1.82, 2.24) is 14.8 Å². The van der Waals surface area contributed by atoms with Crippen molar-refractivity contribution < 1.29 is 28.2 Å². The van der Waals surface area contributed by atoms with Crippen LogP contribution in [0.5, 0.6) is 0 Å². The van der Waals surface area contributed by atoms with Gasteiger partial charge in [0, 0.05) is 13.0 Å². The topological polar surface area (TPSA) is 125 Å². The number of aryl methyl sites for hydroxylation is 1. The van der Waals surface area contributed by atoms with Crippen LogP contribution in [0.2, 0.25) is 0 Å². The molecule has 1 aliphatic heterocycles. The minimum absolute atomic E-state index is 0.0107. The molecular formula is C19H19F2N5O4S. The highest BCUT2D eigenvalue weighted by Gasteiger charge is 2.29. The molecule has 31 heavy (non-hydrogen) atoms. The second-order valence-electron chi connectivity index (χ2n) is 6.90. The van der Waals surface area contributed by atoms with Gasteiger partial charge in [-0.05, 0) is 12.1 Å². The molecule has 1 amide bonds. The van der Waals surface area contributed by atoms with Crippen molar-refractivity contribution in [2.75, 3.05) is 30.9 Å². The van der Waals surface area contributed by atoms with Gasteiger partial charge in [0.05, 0.1) is 37.3 Å². The molecule has 4 rings (SSSR count). The average Bonchev–Trinajstić information content (AvgIpc) is 3.30. The summed E-state index contributed by atoms with van der Waals surface area (Å²) in [6.45, 7) is 0.516. The second-order valence-corrected chi connectivity index (χ2v) is 7.93. The van der Waals surface area contributed by atoms with E-state index in [4.69, 9.17) is 15.2 Å². The molecule has 2 aromatic heterocycles. The maximum Gasteiger partial charge on any atom is 0.277 e. The number of nitrogens with one attached hydrogen (secondary N) is 1. The number of aromatic nitrogens is 3. The Kier molecular flexibility index (Phi) is 5.96. The number of hydrogen-bond donors (Lipinski definition) is 3. The van der Waals surface area contributed by atoms with Crippen molar-refractivity contribution in [3.63, 3.8) is 0 Å². The van der Waals surface area contributed by atoms with Crippen molar-refractivity contribution in [2.24, 2.45) is 13.0 Å². The lowest BCUT2D eigenvalue weighted by Crippen LogP contribution is -2.30. The Morgan fingerprint density at radius 2 is 2.03 bits per heavy atom. The number of hydrogen-bond acceptors (Lipinski definition) is 8. The number of thiazole rings is 1. The Balaban J connectivity index is 1.57. The predicted molar refractivity (Wildman–Crippen MR) is 108 cm³/mol. The molecule has 4 N–H and O–H groups in total. The zero-order valence-electron chi connectivity index (χ0n) is 16.3. The van der Waals surface area contributed by atoms with Gasteiger partial charge in [-0.15, -0.1) is 0 Å². The quantitative estimate of drug-likeness (QED) is 0.544. The zero-order chi connectivity index (χ0) is 22.1. The lowest BCUT2D eigenvalue weighted by molar-refractivity contribution is -0.212. The standard InChI is InChI=1S/C19H19F2N5O4S/c1-26-15(19-29-7-9(6-27)8-30-19)12(5-23-26)24-17(28)14-16(22)31-18(25-14)13-10(20)3-2-4-11(13)21/h2-5,9,19,27H,6-8,22H2,1H3,(H,24,28). The van der Waals surface area contributed by atoms with E-state index in [1.165, 1.54) is 16.9 Å². The summed E-state index contributed by atoms with van der Waals surface area (Å²) in [5, 5.41) is 15.9. The van der Waals surface area contributed by atoms with E-state index in [1.807, 2.05) is 0 Å². The van der Waals surface area contributed by atoms with Crippen LogP contribution in [0.4, 0.5) is 19.5 Å². The molecule has 0 atom stereocenters. The maximum atomic E-state index is 14.1. The second kappa shape index (κ2) is 8.67. The number of carbonyl (C=O) groups excluding carboxylic acids is 1. The Morgan fingerprint density at radius 3 is 2.68 bits per heavy atom. The Bertz CT molecular complexity index is 1090. The first-order chi connectivity index (χ1) is 14.9. The highest BCUT2D eigenvalue weighted by Crippen LogP contribution is 2.35. The van der Waals surface area contributed by atoms with Gasteiger partial charge in [0.15, 0.2) is 5.69 Å². The first-order valence-electron chi connectivity index (χ1n) is 9.27. The highest BCUT2D eigenvalue weighted by atomic mass is 32.1. The fourth-order valence-electron chi connectivity index (χ4n) is 3.11. The molecule has 0 aliphatic carbocycles.